The summed E-state index contributed by atoms with van der Waals surface area (Å²) in [7, 11) is -3.50. The van der Waals surface area contributed by atoms with Gasteiger partial charge in [-0.3, -0.25) is 9.10 Å². The summed E-state index contributed by atoms with van der Waals surface area (Å²) in [5.74, 6) is -0.256. The molecule has 36 heavy (non-hydrogen) atoms. The van der Waals surface area contributed by atoms with Gasteiger partial charge in [-0.15, -0.1) is 0 Å². The number of furan rings is 1. The number of hydrogen-bond donors (Lipinski definition) is 1. The van der Waals surface area contributed by atoms with E-state index in [1.807, 2.05) is 73.7 Å². The Morgan fingerprint density at radius 1 is 0.861 bits per heavy atom. The number of anilines is 2. The van der Waals surface area contributed by atoms with E-state index < -0.39 is 10.0 Å². The molecule has 182 valence electrons. The molecule has 1 N–H and O–H groups in total. The lowest BCUT2D eigenvalue weighted by atomic mass is 10.1. The van der Waals surface area contributed by atoms with Gasteiger partial charge in [0.25, 0.3) is 5.91 Å². The van der Waals surface area contributed by atoms with E-state index in [1.54, 1.807) is 24.3 Å². The topological polar surface area (TPSA) is 79.6 Å². The van der Waals surface area contributed by atoms with Crippen LogP contribution in [0.4, 0.5) is 11.4 Å². The van der Waals surface area contributed by atoms with Gasteiger partial charge in [-0.25, -0.2) is 8.42 Å². The van der Waals surface area contributed by atoms with Crippen LogP contribution < -0.4 is 9.62 Å². The Kier molecular flexibility index (Phi) is 6.24. The van der Waals surface area contributed by atoms with Gasteiger partial charge in [-0.1, -0.05) is 55.5 Å². The Labute approximate surface area is 210 Å². The van der Waals surface area contributed by atoms with Crippen LogP contribution >= 0.6 is 0 Å². The molecule has 1 heterocycles. The molecular weight excluding hydrogens is 472 g/mol. The summed E-state index contributed by atoms with van der Waals surface area (Å²) in [5, 5.41) is 4.94. The van der Waals surface area contributed by atoms with Crippen LogP contribution in [0.15, 0.2) is 95.4 Å². The average Bonchev–Trinajstić information content (AvgIpc) is 3.24. The maximum Gasteiger partial charge on any atom is 0.255 e. The van der Waals surface area contributed by atoms with Crippen LogP contribution in [-0.4, -0.2) is 20.6 Å². The average molecular weight is 499 g/mol. The van der Waals surface area contributed by atoms with Crippen LogP contribution in [0.5, 0.6) is 0 Å². The highest BCUT2D eigenvalue weighted by Gasteiger charge is 2.20. The van der Waals surface area contributed by atoms with Crippen LogP contribution in [0.1, 0.15) is 28.4 Å². The third-order valence-corrected chi connectivity index (χ3v) is 7.35. The molecule has 7 heteroatoms. The monoisotopic (exact) mass is 498 g/mol. The molecule has 0 spiro atoms. The molecule has 1 aromatic heterocycles. The van der Waals surface area contributed by atoms with E-state index in [0.29, 0.717) is 22.5 Å². The van der Waals surface area contributed by atoms with Gasteiger partial charge in [0.05, 0.1) is 18.5 Å². The van der Waals surface area contributed by atoms with Crippen LogP contribution in [0.2, 0.25) is 0 Å². The van der Waals surface area contributed by atoms with E-state index in [9.17, 15) is 13.2 Å². The zero-order valence-corrected chi connectivity index (χ0v) is 20.9. The van der Waals surface area contributed by atoms with E-state index in [4.69, 9.17) is 4.42 Å². The van der Waals surface area contributed by atoms with Gasteiger partial charge in [0.1, 0.15) is 11.2 Å². The molecule has 0 fully saturated rings. The Morgan fingerprint density at radius 2 is 1.56 bits per heavy atom. The first-order valence-corrected chi connectivity index (χ1v) is 13.6. The normalized spacial score (nSPS) is 11.6. The number of sulfonamides is 1. The molecule has 0 aliphatic rings. The van der Waals surface area contributed by atoms with Crippen molar-refractivity contribution < 1.29 is 17.6 Å². The molecular formula is C29H26N2O4S. The fourth-order valence-electron chi connectivity index (χ4n) is 4.37. The maximum atomic E-state index is 12.9. The van der Waals surface area contributed by atoms with Crippen LogP contribution in [0, 0.1) is 0 Å². The molecule has 1 amide bonds. The van der Waals surface area contributed by atoms with Crippen molar-refractivity contribution in [3.8, 4) is 0 Å². The third-order valence-electron chi connectivity index (χ3n) is 6.22. The molecule has 0 atom stereocenters. The minimum Gasteiger partial charge on any atom is -0.456 e. The summed E-state index contributed by atoms with van der Waals surface area (Å²) >= 11 is 0. The summed E-state index contributed by atoms with van der Waals surface area (Å²) in [6.07, 6.45) is 1.93. The van der Waals surface area contributed by atoms with Crippen molar-refractivity contribution in [2.24, 2.45) is 0 Å². The van der Waals surface area contributed by atoms with Crippen LogP contribution in [0.3, 0.4) is 0 Å². The summed E-state index contributed by atoms with van der Waals surface area (Å²) in [5.41, 5.74) is 5.03. The second-order valence-electron chi connectivity index (χ2n) is 8.71. The first-order valence-electron chi connectivity index (χ1n) is 11.7. The fraction of sp³-hybridized carbons (Fsp3) is 0.138. The van der Waals surface area contributed by atoms with E-state index in [2.05, 4.69) is 5.32 Å². The van der Waals surface area contributed by atoms with E-state index >= 15 is 0 Å². The van der Waals surface area contributed by atoms with Crippen molar-refractivity contribution in [1.29, 1.82) is 0 Å². The Bertz CT molecular complexity index is 1670. The van der Waals surface area contributed by atoms with E-state index in [1.165, 1.54) is 10.6 Å². The van der Waals surface area contributed by atoms with Crippen molar-refractivity contribution in [2.75, 3.05) is 15.9 Å². The summed E-state index contributed by atoms with van der Waals surface area (Å²) in [6.45, 7) is 2.18. The molecule has 0 aliphatic heterocycles. The first-order chi connectivity index (χ1) is 17.3. The van der Waals surface area contributed by atoms with Crippen LogP contribution in [0.25, 0.3) is 21.9 Å². The highest BCUT2D eigenvalue weighted by molar-refractivity contribution is 7.92. The number of amides is 1. The minimum absolute atomic E-state index is 0.181. The Hall–Kier alpha value is -4.10. The maximum absolute atomic E-state index is 12.9. The fourth-order valence-corrected chi connectivity index (χ4v) is 5.29. The highest BCUT2D eigenvalue weighted by atomic mass is 32.2. The Balaban J connectivity index is 1.34. The lowest BCUT2D eigenvalue weighted by molar-refractivity contribution is 0.102. The highest BCUT2D eigenvalue weighted by Crippen LogP contribution is 2.30. The smallest absolute Gasteiger partial charge is 0.255 e. The van der Waals surface area contributed by atoms with Crippen molar-refractivity contribution in [3.05, 3.63) is 108 Å². The zero-order valence-electron chi connectivity index (χ0n) is 20.1. The summed E-state index contributed by atoms with van der Waals surface area (Å²) in [6, 6.07) is 27.9. The van der Waals surface area contributed by atoms with Crippen LogP contribution in [-0.2, 0) is 23.0 Å². The van der Waals surface area contributed by atoms with Gasteiger partial charge in [-0.05, 0) is 53.9 Å². The number of aryl methyl sites for hydroxylation is 1. The Morgan fingerprint density at radius 3 is 2.31 bits per heavy atom. The number of hydrogen-bond acceptors (Lipinski definition) is 4. The quantitative estimate of drug-likeness (QED) is 0.283. The van der Waals surface area contributed by atoms with Gasteiger partial charge < -0.3 is 9.73 Å². The summed E-state index contributed by atoms with van der Waals surface area (Å²) < 4.78 is 32.5. The number of nitrogens with zero attached hydrogens (tertiary/aromatic N) is 1. The van der Waals surface area contributed by atoms with Crippen molar-refractivity contribution in [2.45, 2.75) is 19.9 Å². The standard InChI is InChI=1S/C29H26N2O4S/c1-3-21-8-4-6-10-26(21)31(36(2,33)34)19-20-12-14-22(15-13-20)29(32)30-23-16-17-25-24-9-5-7-11-27(24)35-28(25)18-23/h4-18H,3,19H2,1-2H3,(H,30,32). The molecule has 0 unspecified atom stereocenters. The second-order valence-corrected chi connectivity index (χ2v) is 10.6. The third kappa shape index (κ3) is 4.70. The number of rotatable bonds is 7. The predicted octanol–water partition coefficient (Wildman–Crippen LogP) is 6.37. The van der Waals surface area contributed by atoms with Gasteiger partial charge in [-0.2, -0.15) is 0 Å². The van der Waals surface area contributed by atoms with Crippen molar-refractivity contribution >= 4 is 49.2 Å². The number of para-hydroxylation sites is 2. The van der Waals surface area contributed by atoms with Gasteiger partial charge in [0.2, 0.25) is 10.0 Å². The SMILES string of the molecule is CCc1ccccc1N(Cc1ccc(C(=O)Nc2ccc3c(c2)oc2ccccc23)cc1)S(C)(=O)=O. The van der Waals surface area contributed by atoms with Gasteiger partial charge >= 0.3 is 0 Å². The van der Waals surface area contributed by atoms with Gasteiger partial charge in [0, 0.05) is 28.1 Å². The molecule has 0 radical (unpaired) electrons. The molecule has 0 bridgehead atoms. The summed E-state index contributed by atoms with van der Waals surface area (Å²) in [4.78, 5) is 12.9. The number of carbonyl (C=O) groups is 1. The number of nitrogens with one attached hydrogen (secondary N) is 1. The minimum atomic E-state index is -3.50. The predicted molar refractivity (Wildman–Crippen MR) is 145 cm³/mol. The largest absolute Gasteiger partial charge is 0.456 e. The molecule has 0 saturated carbocycles. The number of fused-ring (bicyclic) bond motifs is 3. The lowest BCUT2D eigenvalue weighted by Gasteiger charge is -2.25. The van der Waals surface area contributed by atoms with E-state index in [0.717, 1.165) is 33.9 Å². The molecule has 5 aromatic rings. The lowest BCUT2D eigenvalue weighted by Crippen LogP contribution is -2.30. The first kappa shape index (κ1) is 23.6. The van der Waals surface area contributed by atoms with Crippen molar-refractivity contribution in [1.82, 2.24) is 0 Å². The second kappa shape index (κ2) is 9.51. The number of benzene rings is 4. The van der Waals surface area contributed by atoms with Gasteiger partial charge in [0.15, 0.2) is 0 Å². The van der Waals surface area contributed by atoms with Crippen molar-refractivity contribution in [3.63, 3.8) is 0 Å². The molecule has 4 aromatic carbocycles. The number of carbonyl (C=O) groups excluding carboxylic acids is 1. The molecule has 0 saturated heterocycles. The zero-order chi connectivity index (χ0) is 25.3. The molecule has 6 nitrogen and oxygen atoms in total. The molecule has 5 rings (SSSR count). The molecule has 0 aliphatic carbocycles. The van der Waals surface area contributed by atoms with E-state index in [-0.39, 0.29) is 12.5 Å².